The van der Waals surface area contributed by atoms with Crippen molar-refractivity contribution in [2.75, 3.05) is 26.3 Å². The van der Waals surface area contributed by atoms with Crippen LogP contribution in [0.3, 0.4) is 0 Å². The fraction of sp³-hybridized carbons (Fsp3) is 0.889. The smallest absolute Gasteiger partial charge is 0.0996 e. The van der Waals surface area contributed by atoms with Crippen molar-refractivity contribution in [1.29, 1.82) is 0 Å². The molecular weight excluding hydrogens is 152 g/mol. The third-order valence-electron chi connectivity index (χ3n) is 2.53. The highest BCUT2D eigenvalue weighted by Crippen LogP contribution is 2.16. The Labute approximate surface area is 73.2 Å². The Morgan fingerprint density at radius 2 is 2.17 bits per heavy atom. The van der Waals surface area contributed by atoms with Crippen molar-refractivity contribution in [2.45, 2.75) is 19.3 Å². The van der Waals surface area contributed by atoms with Gasteiger partial charge in [0.2, 0.25) is 0 Å². The van der Waals surface area contributed by atoms with Gasteiger partial charge in [-0.25, -0.2) is 0 Å². The van der Waals surface area contributed by atoms with Gasteiger partial charge < -0.3 is 10.1 Å². The summed E-state index contributed by atoms with van der Waals surface area (Å²) in [5.74, 6) is 1.89. The molecule has 0 atom stereocenters. The summed E-state index contributed by atoms with van der Waals surface area (Å²) in [6.45, 7) is 3.94. The minimum atomic E-state index is 0.652. The van der Waals surface area contributed by atoms with E-state index in [-0.39, 0.29) is 0 Å². The van der Waals surface area contributed by atoms with Crippen molar-refractivity contribution in [2.24, 2.45) is 10.9 Å². The largest absolute Gasteiger partial charge is 0.381 e. The monoisotopic (exact) mass is 168 g/mol. The fourth-order valence-electron chi connectivity index (χ4n) is 1.80. The molecule has 68 valence electrons. The minimum absolute atomic E-state index is 0.652. The van der Waals surface area contributed by atoms with Gasteiger partial charge in [-0.15, -0.1) is 0 Å². The molecule has 3 heteroatoms. The standard InChI is InChI=1S/C9H16N2O/c1-4-10-9(11-5-1)8-2-6-12-7-3-8/h8H,1-7H2,(H,10,11). The van der Waals surface area contributed by atoms with Crippen molar-refractivity contribution in [3.8, 4) is 0 Å². The number of hydrogen-bond acceptors (Lipinski definition) is 3. The van der Waals surface area contributed by atoms with Crippen LogP contribution in [0, 0.1) is 5.92 Å². The number of hydrogen-bond donors (Lipinski definition) is 1. The number of nitrogens with zero attached hydrogens (tertiary/aromatic N) is 1. The van der Waals surface area contributed by atoms with E-state index in [0.29, 0.717) is 5.92 Å². The molecule has 0 aromatic rings. The van der Waals surface area contributed by atoms with E-state index >= 15 is 0 Å². The summed E-state index contributed by atoms with van der Waals surface area (Å²) in [6, 6.07) is 0. The number of amidine groups is 1. The molecule has 2 heterocycles. The fourth-order valence-corrected chi connectivity index (χ4v) is 1.80. The lowest BCUT2D eigenvalue weighted by Gasteiger charge is -2.26. The minimum Gasteiger partial charge on any atom is -0.381 e. The first-order valence-corrected chi connectivity index (χ1v) is 4.83. The average molecular weight is 168 g/mol. The molecule has 0 aromatic carbocycles. The molecule has 0 aliphatic carbocycles. The van der Waals surface area contributed by atoms with Crippen LogP contribution in [0.1, 0.15) is 19.3 Å². The maximum Gasteiger partial charge on any atom is 0.0996 e. The van der Waals surface area contributed by atoms with Crippen LogP contribution in [0.2, 0.25) is 0 Å². The first-order valence-electron chi connectivity index (χ1n) is 4.83. The van der Waals surface area contributed by atoms with E-state index in [1.807, 2.05) is 0 Å². The Morgan fingerprint density at radius 3 is 2.83 bits per heavy atom. The first kappa shape index (κ1) is 8.05. The van der Waals surface area contributed by atoms with E-state index in [0.717, 1.165) is 39.1 Å². The highest BCUT2D eigenvalue weighted by molar-refractivity contribution is 5.85. The van der Waals surface area contributed by atoms with Gasteiger partial charge in [0.1, 0.15) is 0 Å². The van der Waals surface area contributed by atoms with Gasteiger partial charge >= 0.3 is 0 Å². The SMILES string of the molecule is C1CN=C(C2CCOCC2)NC1. The number of ether oxygens (including phenoxy) is 1. The summed E-state index contributed by atoms with van der Waals surface area (Å²) in [4.78, 5) is 4.50. The summed E-state index contributed by atoms with van der Waals surface area (Å²) < 4.78 is 5.31. The lowest BCUT2D eigenvalue weighted by atomic mass is 9.98. The molecular formula is C9H16N2O. The molecule has 3 nitrogen and oxygen atoms in total. The van der Waals surface area contributed by atoms with E-state index in [2.05, 4.69) is 10.3 Å². The van der Waals surface area contributed by atoms with Crippen molar-refractivity contribution in [1.82, 2.24) is 5.32 Å². The van der Waals surface area contributed by atoms with Crippen LogP contribution < -0.4 is 5.32 Å². The first-order chi connectivity index (χ1) is 5.97. The zero-order valence-electron chi connectivity index (χ0n) is 7.38. The third-order valence-corrected chi connectivity index (χ3v) is 2.53. The van der Waals surface area contributed by atoms with Crippen LogP contribution in [0.15, 0.2) is 4.99 Å². The van der Waals surface area contributed by atoms with Crippen LogP contribution in [-0.4, -0.2) is 32.1 Å². The maximum absolute atomic E-state index is 5.31. The second-order valence-corrected chi connectivity index (χ2v) is 3.43. The Morgan fingerprint density at radius 1 is 1.33 bits per heavy atom. The van der Waals surface area contributed by atoms with Gasteiger partial charge in [0, 0.05) is 32.2 Å². The zero-order chi connectivity index (χ0) is 8.23. The summed E-state index contributed by atoms with van der Waals surface area (Å²) in [7, 11) is 0. The molecule has 12 heavy (non-hydrogen) atoms. The second kappa shape index (κ2) is 3.90. The van der Waals surface area contributed by atoms with Crippen LogP contribution in [-0.2, 0) is 4.74 Å². The molecule has 0 radical (unpaired) electrons. The quantitative estimate of drug-likeness (QED) is 0.628. The van der Waals surface area contributed by atoms with E-state index < -0.39 is 0 Å². The lowest BCUT2D eigenvalue weighted by Crippen LogP contribution is -2.37. The van der Waals surface area contributed by atoms with Crippen molar-refractivity contribution in [3.63, 3.8) is 0 Å². The highest BCUT2D eigenvalue weighted by atomic mass is 16.5. The predicted octanol–water partition coefficient (Wildman–Crippen LogP) is 0.805. The van der Waals surface area contributed by atoms with E-state index in [4.69, 9.17) is 4.74 Å². The molecule has 1 N–H and O–H groups in total. The number of rotatable bonds is 1. The van der Waals surface area contributed by atoms with Gasteiger partial charge in [0.05, 0.1) is 5.84 Å². The van der Waals surface area contributed by atoms with E-state index in [1.54, 1.807) is 0 Å². The highest BCUT2D eigenvalue weighted by Gasteiger charge is 2.20. The topological polar surface area (TPSA) is 33.6 Å². The molecule has 0 amide bonds. The molecule has 2 aliphatic heterocycles. The van der Waals surface area contributed by atoms with Crippen molar-refractivity contribution < 1.29 is 4.74 Å². The molecule has 0 bridgehead atoms. The van der Waals surface area contributed by atoms with E-state index in [9.17, 15) is 0 Å². The van der Waals surface area contributed by atoms with Crippen LogP contribution >= 0.6 is 0 Å². The predicted molar refractivity (Wildman–Crippen MR) is 48.5 cm³/mol. The molecule has 0 saturated carbocycles. The van der Waals surface area contributed by atoms with Gasteiger partial charge in [0.25, 0.3) is 0 Å². The summed E-state index contributed by atoms with van der Waals surface area (Å²) in [5, 5.41) is 3.38. The van der Waals surface area contributed by atoms with Gasteiger partial charge in [-0.1, -0.05) is 0 Å². The number of nitrogens with one attached hydrogen (secondary N) is 1. The molecule has 0 spiro atoms. The summed E-state index contributed by atoms with van der Waals surface area (Å²) >= 11 is 0. The van der Waals surface area contributed by atoms with Crippen LogP contribution in [0.25, 0.3) is 0 Å². The Kier molecular flexibility index (Phi) is 2.61. The maximum atomic E-state index is 5.31. The molecule has 1 saturated heterocycles. The van der Waals surface area contributed by atoms with Gasteiger partial charge in [-0.05, 0) is 19.3 Å². The lowest BCUT2D eigenvalue weighted by molar-refractivity contribution is 0.0818. The Hall–Kier alpha value is -0.570. The van der Waals surface area contributed by atoms with Gasteiger partial charge in [-0.2, -0.15) is 0 Å². The van der Waals surface area contributed by atoms with Gasteiger partial charge in [0.15, 0.2) is 0 Å². The third kappa shape index (κ3) is 1.78. The number of aliphatic imine (C=N–C) groups is 1. The normalized spacial score (nSPS) is 26.2. The van der Waals surface area contributed by atoms with E-state index in [1.165, 1.54) is 12.3 Å². The van der Waals surface area contributed by atoms with Crippen molar-refractivity contribution in [3.05, 3.63) is 0 Å². The molecule has 2 aliphatic rings. The average Bonchev–Trinajstić information content (AvgIpc) is 2.21. The molecule has 1 fully saturated rings. The van der Waals surface area contributed by atoms with Crippen LogP contribution in [0.5, 0.6) is 0 Å². The van der Waals surface area contributed by atoms with Crippen molar-refractivity contribution >= 4 is 5.84 Å². The summed E-state index contributed by atoms with van der Waals surface area (Å²) in [6.07, 6.45) is 3.48. The molecule has 0 aromatic heterocycles. The Balaban J connectivity index is 1.92. The molecule has 2 rings (SSSR count). The second-order valence-electron chi connectivity index (χ2n) is 3.43. The van der Waals surface area contributed by atoms with Crippen LogP contribution in [0.4, 0.5) is 0 Å². The molecule has 0 unspecified atom stereocenters. The Bertz CT molecular complexity index is 173. The summed E-state index contributed by atoms with van der Waals surface area (Å²) in [5.41, 5.74) is 0. The zero-order valence-corrected chi connectivity index (χ0v) is 7.38. The van der Waals surface area contributed by atoms with Gasteiger partial charge in [-0.3, -0.25) is 4.99 Å².